The summed E-state index contributed by atoms with van der Waals surface area (Å²) in [6.45, 7) is 3.54. The predicted molar refractivity (Wildman–Crippen MR) is 79.5 cm³/mol. The molecule has 1 saturated carbocycles. The molecule has 2 heterocycles. The van der Waals surface area contributed by atoms with Crippen LogP contribution >= 0.6 is 0 Å². The molecule has 2 aromatic rings. The van der Waals surface area contributed by atoms with Gasteiger partial charge in [-0.2, -0.15) is 0 Å². The second-order valence-electron chi connectivity index (χ2n) is 6.11. The minimum absolute atomic E-state index is 0.330. The Bertz CT molecular complexity index is 703. The van der Waals surface area contributed by atoms with E-state index in [1.54, 1.807) is 12.1 Å². The molecule has 6 nitrogen and oxygen atoms in total. The average molecular weight is 298 g/mol. The molecule has 4 rings (SSSR count). The number of aromatic nitrogens is 3. The Labute approximate surface area is 128 Å². The number of aromatic carboxylic acids is 1. The normalized spacial score (nSPS) is 18.2. The summed E-state index contributed by atoms with van der Waals surface area (Å²) in [5.74, 6) is 1.97. The van der Waals surface area contributed by atoms with Crippen LogP contribution in [0.4, 0.5) is 0 Å². The molecule has 6 heteroatoms. The van der Waals surface area contributed by atoms with Gasteiger partial charge in [-0.15, -0.1) is 10.2 Å². The smallest absolute Gasteiger partial charge is 0.335 e. The highest BCUT2D eigenvalue weighted by Gasteiger charge is 2.31. The number of benzene rings is 1. The molecule has 114 valence electrons. The zero-order chi connectivity index (χ0) is 15.1. The molecule has 22 heavy (non-hydrogen) atoms. The Balaban J connectivity index is 1.45. The molecule has 2 aliphatic rings. The van der Waals surface area contributed by atoms with Crippen LogP contribution in [-0.4, -0.2) is 37.3 Å². The van der Waals surface area contributed by atoms with Crippen LogP contribution in [0, 0.1) is 0 Å². The first-order chi connectivity index (χ1) is 10.7. The molecule has 1 N–H and O–H groups in total. The minimum atomic E-state index is -0.884. The molecule has 0 radical (unpaired) electrons. The third kappa shape index (κ3) is 2.50. The lowest BCUT2D eigenvalue weighted by atomic mass is 10.1. The van der Waals surface area contributed by atoms with Crippen LogP contribution in [0.1, 0.15) is 46.3 Å². The molecular weight excluding hydrogens is 280 g/mol. The highest BCUT2D eigenvalue weighted by atomic mass is 16.4. The van der Waals surface area contributed by atoms with Gasteiger partial charge in [0.15, 0.2) is 0 Å². The quantitative estimate of drug-likeness (QED) is 0.933. The van der Waals surface area contributed by atoms with Crippen LogP contribution in [0.3, 0.4) is 0 Å². The van der Waals surface area contributed by atoms with Crippen LogP contribution in [0.15, 0.2) is 24.3 Å². The molecule has 0 spiro atoms. The Morgan fingerprint density at radius 3 is 2.64 bits per heavy atom. The number of fused-ring (bicyclic) bond motifs is 1. The maximum Gasteiger partial charge on any atom is 0.335 e. The van der Waals surface area contributed by atoms with Crippen molar-refractivity contribution in [2.45, 2.75) is 38.4 Å². The van der Waals surface area contributed by atoms with E-state index in [0.717, 1.165) is 37.6 Å². The van der Waals surface area contributed by atoms with Gasteiger partial charge in [0.05, 0.1) is 12.1 Å². The summed E-state index contributed by atoms with van der Waals surface area (Å²) in [7, 11) is 0. The van der Waals surface area contributed by atoms with Crippen molar-refractivity contribution in [2.24, 2.45) is 0 Å². The molecule has 1 aromatic carbocycles. The third-order valence-electron chi connectivity index (χ3n) is 4.41. The lowest BCUT2D eigenvalue weighted by molar-refractivity contribution is 0.0697. The summed E-state index contributed by atoms with van der Waals surface area (Å²) >= 11 is 0. The Morgan fingerprint density at radius 2 is 1.95 bits per heavy atom. The van der Waals surface area contributed by atoms with Gasteiger partial charge in [0.25, 0.3) is 0 Å². The van der Waals surface area contributed by atoms with Crippen molar-refractivity contribution >= 4 is 5.97 Å². The number of rotatable bonds is 4. The fraction of sp³-hybridized carbons (Fsp3) is 0.438. The van der Waals surface area contributed by atoms with E-state index in [2.05, 4.69) is 19.7 Å². The SMILES string of the molecule is O=C(O)c1ccc(CN2CCn3c(nnc3C3CC3)C2)cc1. The van der Waals surface area contributed by atoms with Gasteiger partial charge >= 0.3 is 5.97 Å². The van der Waals surface area contributed by atoms with Crippen molar-refractivity contribution in [3.63, 3.8) is 0 Å². The zero-order valence-corrected chi connectivity index (χ0v) is 12.3. The Morgan fingerprint density at radius 1 is 1.18 bits per heavy atom. The summed E-state index contributed by atoms with van der Waals surface area (Å²) in [5.41, 5.74) is 1.46. The molecule has 0 saturated heterocycles. The highest BCUT2D eigenvalue weighted by molar-refractivity contribution is 5.87. The number of carboxylic acid groups (broad SMARTS) is 1. The summed E-state index contributed by atoms with van der Waals surface area (Å²) in [5, 5.41) is 17.6. The molecule has 0 amide bonds. The van der Waals surface area contributed by atoms with E-state index in [4.69, 9.17) is 5.11 Å². The van der Waals surface area contributed by atoms with E-state index in [0.29, 0.717) is 11.5 Å². The first kappa shape index (κ1) is 13.5. The van der Waals surface area contributed by atoms with Gasteiger partial charge in [0, 0.05) is 25.6 Å². The molecule has 0 bridgehead atoms. The predicted octanol–water partition coefficient (Wildman–Crippen LogP) is 1.87. The van der Waals surface area contributed by atoms with Gasteiger partial charge in [0.1, 0.15) is 11.6 Å². The lowest BCUT2D eigenvalue weighted by Crippen LogP contribution is -2.33. The average Bonchev–Trinajstić information content (AvgIpc) is 3.28. The van der Waals surface area contributed by atoms with Crippen LogP contribution in [0.25, 0.3) is 0 Å². The number of carbonyl (C=O) groups is 1. The standard InChI is InChI=1S/C16H18N4O2/c21-16(22)13-3-1-11(2-4-13)9-19-7-8-20-14(10-19)17-18-15(20)12-5-6-12/h1-4,12H,5-10H2,(H,21,22). The number of hydrogen-bond acceptors (Lipinski definition) is 4. The van der Waals surface area contributed by atoms with Gasteiger partial charge in [-0.1, -0.05) is 12.1 Å². The van der Waals surface area contributed by atoms with Crippen LogP contribution in [-0.2, 0) is 19.6 Å². The first-order valence-electron chi connectivity index (χ1n) is 7.67. The summed E-state index contributed by atoms with van der Waals surface area (Å²) < 4.78 is 2.28. The number of hydrogen-bond donors (Lipinski definition) is 1. The van der Waals surface area contributed by atoms with Crippen molar-refractivity contribution < 1.29 is 9.90 Å². The van der Waals surface area contributed by atoms with Crippen molar-refractivity contribution in [3.05, 3.63) is 47.0 Å². The van der Waals surface area contributed by atoms with Crippen LogP contribution in [0.5, 0.6) is 0 Å². The lowest BCUT2D eigenvalue weighted by Gasteiger charge is -2.27. The van der Waals surface area contributed by atoms with E-state index in [9.17, 15) is 4.79 Å². The fourth-order valence-electron chi connectivity index (χ4n) is 3.02. The molecular formula is C16H18N4O2. The van der Waals surface area contributed by atoms with Gasteiger partial charge in [-0.05, 0) is 30.5 Å². The van der Waals surface area contributed by atoms with Crippen molar-refractivity contribution in [3.8, 4) is 0 Å². The molecule has 0 unspecified atom stereocenters. The van der Waals surface area contributed by atoms with Crippen molar-refractivity contribution in [1.29, 1.82) is 0 Å². The second-order valence-corrected chi connectivity index (χ2v) is 6.11. The molecule has 1 fully saturated rings. The van der Waals surface area contributed by atoms with Gasteiger partial charge in [-0.25, -0.2) is 4.79 Å². The van der Waals surface area contributed by atoms with Crippen molar-refractivity contribution in [2.75, 3.05) is 6.54 Å². The maximum atomic E-state index is 10.9. The third-order valence-corrected chi connectivity index (χ3v) is 4.41. The van der Waals surface area contributed by atoms with E-state index in [1.807, 2.05) is 12.1 Å². The zero-order valence-electron chi connectivity index (χ0n) is 12.3. The second kappa shape index (κ2) is 5.21. The van der Waals surface area contributed by atoms with Gasteiger partial charge in [0.2, 0.25) is 0 Å². The van der Waals surface area contributed by atoms with E-state index in [-0.39, 0.29) is 0 Å². The highest BCUT2D eigenvalue weighted by Crippen LogP contribution is 2.39. The fourth-order valence-corrected chi connectivity index (χ4v) is 3.02. The molecule has 0 atom stereocenters. The summed E-state index contributed by atoms with van der Waals surface area (Å²) in [6.07, 6.45) is 2.50. The largest absolute Gasteiger partial charge is 0.478 e. The van der Waals surface area contributed by atoms with Crippen LogP contribution in [0.2, 0.25) is 0 Å². The summed E-state index contributed by atoms with van der Waals surface area (Å²) in [6, 6.07) is 7.10. The maximum absolute atomic E-state index is 10.9. The molecule has 1 aromatic heterocycles. The van der Waals surface area contributed by atoms with Crippen LogP contribution < -0.4 is 0 Å². The monoisotopic (exact) mass is 298 g/mol. The van der Waals surface area contributed by atoms with Crippen molar-refractivity contribution in [1.82, 2.24) is 19.7 Å². The number of carboxylic acids is 1. The van der Waals surface area contributed by atoms with E-state index >= 15 is 0 Å². The van der Waals surface area contributed by atoms with E-state index < -0.39 is 5.97 Å². The molecule has 1 aliphatic heterocycles. The Hall–Kier alpha value is -2.21. The minimum Gasteiger partial charge on any atom is -0.478 e. The first-order valence-corrected chi connectivity index (χ1v) is 7.67. The van der Waals surface area contributed by atoms with E-state index in [1.165, 1.54) is 18.7 Å². The number of nitrogens with zero attached hydrogens (tertiary/aromatic N) is 4. The van der Waals surface area contributed by atoms with Gasteiger partial charge < -0.3 is 9.67 Å². The molecule has 1 aliphatic carbocycles. The Kier molecular flexibility index (Phi) is 3.18. The van der Waals surface area contributed by atoms with Gasteiger partial charge in [-0.3, -0.25) is 4.90 Å². The topological polar surface area (TPSA) is 71.2 Å². The summed E-state index contributed by atoms with van der Waals surface area (Å²) in [4.78, 5) is 13.2.